The number of nitrogens with zero attached hydrogens (tertiary/aromatic N) is 2. The Balaban J connectivity index is 2.21. The van der Waals surface area contributed by atoms with Crippen LogP contribution in [-0.2, 0) is 0 Å². The lowest BCUT2D eigenvalue weighted by Crippen LogP contribution is -2.37. The van der Waals surface area contributed by atoms with Gasteiger partial charge in [0.05, 0.1) is 6.54 Å². The van der Waals surface area contributed by atoms with Crippen LogP contribution in [0.5, 0.6) is 5.75 Å². The first-order chi connectivity index (χ1) is 9.13. The highest BCUT2D eigenvalue weighted by atomic mass is 35.5. The van der Waals surface area contributed by atoms with Gasteiger partial charge < -0.3 is 9.64 Å². The molecule has 0 fully saturated rings. The Morgan fingerprint density at radius 3 is 3.00 bits per heavy atom. The fourth-order valence-corrected chi connectivity index (χ4v) is 2.29. The van der Waals surface area contributed by atoms with E-state index < -0.39 is 0 Å². The maximum atomic E-state index is 6.12. The van der Waals surface area contributed by atoms with Crippen LogP contribution in [0.3, 0.4) is 0 Å². The number of halogens is 1. The fraction of sp³-hybridized carbons (Fsp3) is 0.400. The van der Waals surface area contributed by atoms with Gasteiger partial charge in [-0.3, -0.25) is 4.99 Å². The minimum absolute atomic E-state index is 0.0952. The zero-order valence-corrected chi connectivity index (χ0v) is 12.2. The highest BCUT2D eigenvalue weighted by Crippen LogP contribution is 2.27. The molecule has 0 amide bonds. The van der Waals surface area contributed by atoms with Crippen molar-refractivity contribution in [2.45, 2.75) is 19.4 Å². The van der Waals surface area contributed by atoms with Crippen LogP contribution in [0.25, 0.3) is 0 Å². The molecule has 0 bridgehead atoms. The average Bonchev–Trinajstić information content (AvgIpc) is 2.80. The number of hydrogen-bond donors (Lipinski definition) is 0. The summed E-state index contributed by atoms with van der Waals surface area (Å²) in [6, 6.07) is 5.70. The molecule has 0 N–H and O–H groups in total. The molecule has 2 rings (SSSR count). The number of benzene rings is 1. The normalized spacial score (nSPS) is 16.2. The molecule has 0 radical (unpaired) electrons. The van der Waals surface area contributed by atoms with Crippen LogP contribution < -0.4 is 4.74 Å². The highest BCUT2D eigenvalue weighted by molar-refractivity contribution is 6.31. The predicted octanol–water partition coefficient (Wildman–Crippen LogP) is 3.32. The van der Waals surface area contributed by atoms with Gasteiger partial charge in [0.1, 0.15) is 11.6 Å². The van der Waals surface area contributed by atoms with Gasteiger partial charge in [0.25, 0.3) is 0 Å². The molecule has 1 aromatic rings. The first-order valence-corrected chi connectivity index (χ1v) is 6.79. The third-order valence-corrected chi connectivity index (χ3v) is 3.67. The topological polar surface area (TPSA) is 24.8 Å². The molecule has 0 saturated heterocycles. The Labute approximate surface area is 119 Å². The zero-order valence-electron chi connectivity index (χ0n) is 11.4. The number of aliphatic imine (C=N–C) groups is 1. The van der Waals surface area contributed by atoms with Gasteiger partial charge in [0.2, 0.25) is 0 Å². The summed E-state index contributed by atoms with van der Waals surface area (Å²) in [5.74, 6) is 1.79. The van der Waals surface area contributed by atoms with E-state index in [9.17, 15) is 0 Å². The molecule has 4 heteroatoms. The Bertz CT molecular complexity index is 499. The standard InChI is InChI=1S/C15H19ClN2O/c1-4-6-14(15-17-9-10-18(15)3)19-13-8-5-7-12(16)11(13)2/h4-5,7-8,14H,1,6,9-10H2,2-3H3. The lowest BCUT2D eigenvalue weighted by molar-refractivity contribution is 0.254. The van der Waals surface area contributed by atoms with Crippen molar-refractivity contribution in [1.82, 2.24) is 4.90 Å². The van der Waals surface area contributed by atoms with Gasteiger partial charge in [-0.1, -0.05) is 23.7 Å². The molecule has 0 saturated carbocycles. The summed E-state index contributed by atoms with van der Waals surface area (Å²) in [5, 5.41) is 0.719. The van der Waals surface area contributed by atoms with Crippen LogP contribution in [-0.4, -0.2) is 37.0 Å². The molecular formula is C15H19ClN2O. The van der Waals surface area contributed by atoms with Gasteiger partial charge in [0.15, 0.2) is 6.10 Å². The zero-order chi connectivity index (χ0) is 13.8. The number of rotatable bonds is 5. The molecule has 1 aliphatic rings. The Morgan fingerprint density at radius 1 is 1.58 bits per heavy atom. The monoisotopic (exact) mass is 278 g/mol. The molecule has 0 spiro atoms. The summed E-state index contributed by atoms with van der Waals surface area (Å²) in [5.41, 5.74) is 0.958. The second-order valence-corrected chi connectivity index (χ2v) is 5.06. The summed E-state index contributed by atoms with van der Waals surface area (Å²) < 4.78 is 6.09. The first kappa shape index (κ1) is 13.9. The van der Waals surface area contributed by atoms with E-state index in [1.165, 1.54) is 0 Å². The van der Waals surface area contributed by atoms with Crippen molar-refractivity contribution in [3.8, 4) is 5.75 Å². The van der Waals surface area contributed by atoms with Crippen molar-refractivity contribution < 1.29 is 4.74 Å². The molecule has 19 heavy (non-hydrogen) atoms. The van der Waals surface area contributed by atoms with E-state index in [1.54, 1.807) is 0 Å². The summed E-state index contributed by atoms with van der Waals surface area (Å²) in [6.45, 7) is 7.54. The quantitative estimate of drug-likeness (QED) is 0.772. The van der Waals surface area contributed by atoms with E-state index in [1.807, 2.05) is 38.2 Å². The summed E-state index contributed by atoms with van der Waals surface area (Å²) in [4.78, 5) is 6.65. The van der Waals surface area contributed by atoms with Crippen molar-refractivity contribution in [1.29, 1.82) is 0 Å². The van der Waals surface area contributed by atoms with Crippen LogP contribution >= 0.6 is 11.6 Å². The van der Waals surface area contributed by atoms with E-state index in [0.717, 1.165) is 41.7 Å². The maximum Gasteiger partial charge on any atom is 0.159 e. The van der Waals surface area contributed by atoms with Crippen molar-refractivity contribution in [2.75, 3.05) is 20.1 Å². The molecule has 0 aromatic heterocycles. The van der Waals surface area contributed by atoms with E-state index in [2.05, 4.69) is 16.5 Å². The van der Waals surface area contributed by atoms with Crippen LogP contribution in [0, 0.1) is 6.92 Å². The van der Waals surface area contributed by atoms with Gasteiger partial charge in [-0.05, 0) is 19.1 Å². The molecule has 1 heterocycles. The van der Waals surface area contributed by atoms with Crippen LogP contribution in [0.4, 0.5) is 0 Å². The lowest BCUT2D eigenvalue weighted by atomic mass is 10.2. The number of amidine groups is 1. The number of likely N-dealkylation sites (N-methyl/N-ethyl adjacent to an activating group) is 1. The van der Waals surface area contributed by atoms with Crippen LogP contribution in [0.15, 0.2) is 35.8 Å². The second kappa shape index (κ2) is 6.11. The van der Waals surface area contributed by atoms with E-state index in [-0.39, 0.29) is 6.10 Å². The van der Waals surface area contributed by atoms with Gasteiger partial charge >= 0.3 is 0 Å². The Morgan fingerprint density at radius 2 is 2.37 bits per heavy atom. The molecule has 1 aromatic carbocycles. The van der Waals surface area contributed by atoms with Gasteiger partial charge in [-0.2, -0.15) is 0 Å². The van der Waals surface area contributed by atoms with Crippen molar-refractivity contribution >= 4 is 17.4 Å². The lowest BCUT2D eigenvalue weighted by Gasteiger charge is -2.24. The second-order valence-electron chi connectivity index (χ2n) is 4.66. The maximum absolute atomic E-state index is 6.12. The van der Waals surface area contributed by atoms with E-state index in [4.69, 9.17) is 16.3 Å². The molecule has 102 valence electrons. The largest absolute Gasteiger partial charge is 0.482 e. The van der Waals surface area contributed by atoms with Crippen LogP contribution in [0.1, 0.15) is 12.0 Å². The smallest absolute Gasteiger partial charge is 0.159 e. The number of ether oxygens (including phenoxy) is 1. The number of hydrogen-bond acceptors (Lipinski definition) is 3. The Kier molecular flexibility index (Phi) is 4.48. The third-order valence-electron chi connectivity index (χ3n) is 3.26. The van der Waals surface area contributed by atoms with E-state index >= 15 is 0 Å². The SMILES string of the molecule is C=CCC(Oc1cccc(Cl)c1C)C1=NCCN1C. The molecule has 0 aliphatic carbocycles. The van der Waals surface area contributed by atoms with Crippen molar-refractivity contribution in [2.24, 2.45) is 4.99 Å². The minimum atomic E-state index is -0.0952. The Hall–Kier alpha value is -1.48. The molecule has 1 unspecified atom stereocenters. The average molecular weight is 279 g/mol. The molecular weight excluding hydrogens is 260 g/mol. The van der Waals surface area contributed by atoms with Crippen LogP contribution in [0.2, 0.25) is 5.02 Å². The third kappa shape index (κ3) is 3.10. The van der Waals surface area contributed by atoms with E-state index in [0.29, 0.717) is 0 Å². The van der Waals surface area contributed by atoms with Crippen molar-refractivity contribution in [3.05, 3.63) is 41.4 Å². The highest BCUT2D eigenvalue weighted by Gasteiger charge is 2.24. The van der Waals surface area contributed by atoms with Gasteiger partial charge in [0, 0.05) is 30.6 Å². The minimum Gasteiger partial charge on any atom is -0.482 e. The molecule has 1 atom stereocenters. The summed E-state index contributed by atoms with van der Waals surface area (Å²) in [6.07, 6.45) is 2.50. The summed E-state index contributed by atoms with van der Waals surface area (Å²) >= 11 is 6.12. The van der Waals surface area contributed by atoms with Gasteiger partial charge in [-0.15, -0.1) is 6.58 Å². The first-order valence-electron chi connectivity index (χ1n) is 6.41. The summed E-state index contributed by atoms with van der Waals surface area (Å²) in [7, 11) is 2.04. The molecule has 3 nitrogen and oxygen atoms in total. The van der Waals surface area contributed by atoms with Gasteiger partial charge in [-0.25, -0.2) is 0 Å². The fourth-order valence-electron chi connectivity index (χ4n) is 2.12. The van der Waals surface area contributed by atoms with Crippen molar-refractivity contribution in [3.63, 3.8) is 0 Å². The molecule has 1 aliphatic heterocycles. The predicted molar refractivity (Wildman–Crippen MR) is 80.4 cm³/mol.